The van der Waals surface area contributed by atoms with Crippen LogP contribution in [-0.2, 0) is 14.4 Å². The molecule has 2 amide bonds. The van der Waals surface area contributed by atoms with Gasteiger partial charge in [-0.25, -0.2) is 9.96 Å². The Morgan fingerprint density at radius 3 is 2.14 bits per heavy atom. The highest BCUT2D eigenvalue weighted by molar-refractivity contribution is 6.24. The molecule has 35 heavy (non-hydrogen) atoms. The van der Waals surface area contributed by atoms with Gasteiger partial charge >= 0.3 is 0 Å². The van der Waals surface area contributed by atoms with Gasteiger partial charge in [0.25, 0.3) is 5.91 Å². The van der Waals surface area contributed by atoms with Gasteiger partial charge in [0.15, 0.2) is 6.10 Å². The summed E-state index contributed by atoms with van der Waals surface area (Å²) in [5, 5.41) is 3.89. The average molecular weight is 463 g/mol. The lowest BCUT2D eigenvalue weighted by Crippen LogP contribution is -2.38. The van der Waals surface area contributed by atoms with Crippen molar-refractivity contribution in [3.8, 4) is 0 Å². The fourth-order valence-corrected chi connectivity index (χ4v) is 5.78. The first kappa shape index (κ1) is 21.6. The smallest absolute Gasteiger partial charge is 0.266 e. The lowest BCUT2D eigenvalue weighted by molar-refractivity contribution is -0.126. The highest BCUT2D eigenvalue weighted by Crippen LogP contribution is 2.49. The van der Waals surface area contributed by atoms with Crippen LogP contribution in [0.25, 0.3) is 10.8 Å². The molecule has 2 heterocycles. The van der Waals surface area contributed by atoms with Crippen molar-refractivity contribution in [3.63, 3.8) is 0 Å². The normalized spacial score (nSPS) is 21.7. The number of fused-ring (bicyclic) bond motifs is 2. The second-order valence-corrected chi connectivity index (χ2v) is 9.49. The number of benzene rings is 4. The van der Waals surface area contributed by atoms with Gasteiger partial charge < -0.3 is 0 Å². The van der Waals surface area contributed by atoms with Gasteiger partial charge in [-0.3, -0.25) is 14.4 Å². The van der Waals surface area contributed by atoms with Crippen molar-refractivity contribution in [2.24, 2.45) is 5.92 Å². The molecule has 2 fully saturated rings. The van der Waals surface area contributed by atoms with Gasteiger partial charge in [-0.15, -0.1) is 0 Å². The number of amides is 2. The van der Waals surface area contributed by atoms with Crippen molar-refractivity contribution in [3.05, 3.63) is 107 Å². The maximum absolute atomic E-state index is 14.1. The molecule has 0 saturated carbocycles. The third kappa shape index (κ3) is 3.27. The number of rotatable bonds is 3. The number of imide groups is 1. The molecule has 2 aliphatic rings. The molecule has 6 rings (SSSR count). The van der Waals surface area contributed by atoms with Gasteiger partial charge in [0, 0.05) is 0 Å². The molecule has 4 aromatic rings. The number of anilines is 2. The Hall–Kier alpha value is -3.96. The van der Waals surface area contributed by atoms with Gasteiger partial charge in [0.05, 0.1) is 17.4 Å². The maximum atomic E-state index is 14.1. The largest absolute Gasteiger partial charge is 0.273 e. The van der Waals surface area contributed by atoms with Crippen LogP contribution in [0, 0.1) is 26.7 Å². The molecule has 2 aliphatic heterocycles. The number of hydrogen-bond donors (Lipinski definition) is 0. The Labute approximate surface area is 204 Å². The Bertz CT molecular complexity index is 1450. The van der Waals surface area contributed by atoms with Crippen LogP contribution in [-0.4, -0.2) is 17.9 Å². The Kier molecular flexibility index (Phi) is 4.97. The fraction of sp³-hybridized carbons (Fsp3) is 0.200. The van der Waals surface area contributed by atoms with Gasteiger partial charge in [-0.2, -0.15) is 0 Å². The van der Waals surface area contributed by atoms with Crippen molar-refractivity contribution in [2.75, 3.05) is 9.96 Å². The predicted molar refractivity (Wildman–Crippen MR) is 137 cm³/mol. The lowest BCUT2D eigenvalue weighted by Gasteiger charge is -2.30. The Balaban J connectivity index is 1.52. The monoisotopic (exact) mass is 462 g/mol. The minimum atomic E-state index is -0.883. The highest BCUT2D eigenvalue weighted by Gasteiger charge is 2.60. The van der Waals surface area contributed by atoms with Crippen molar-refractivity contribution in [1.82, 2.24) is 0 Å². The van der Waals surface area contributed by atoms with Gasteiger partial charge in [-0.1, -0.05) is 78.4 Å². The molecule has 0 aliphatic carbocycles. The molecule has 0 spiro atoms. The van der Waals surface area contributed by atoms with Crippen molar-refractivity contribution >= 4 is 34.0 Å². The van der Waals surface area contributed by atoms with E-state index in [2.05, 4.69) is 18.2 Å². The van der Waals surface area contributed by atoms with E-state index in [1.165, 1.54) is 4.90 Å². The van der Waals surface area contributed by atoms with E-state index in [0.717, 1.165) is 38.7 Å². The predicted octanol–water partition coefficient (Wildman–Crippen LogP) is 5.82. The zero-order valence-corrected chi connectivity index (χ0v) is 19.9. The number of aryl methyl sites for hydroxylation is 3. The highest BCUT2D eigenvalue weighted by atomic mass is 16.7. The topological polar surface area (TPSA) is 49.9 Å². The van der Waals surface area contributed by atoms with E-state index >= 15 is 0 Å². The molecule has 174 valence electrons. The van der Waals surface area contributed by atoms with E-state index in [9.17, 15) is 9.59 Å². The minimum Gasteiger partial charge on any atom is -0.273 e. The number of para-hydroxylation sites is 1. The molecule has 0 bridgehead atoms. The summed E-state index contributed by atoms with van der Waals surface area (Å²) >= 11 is 0. The van der Waals surface area contributed by atoms with Crippen LogP contribution in [0.3, 0.4) is 0 Å². The van der Waals surface area contributed by atoms with Crippen molar-refractivity contribution in [1.29, 1.82) is 0 Å². The summed E-state index contributed by atoms with van der Waals surface area (Å²) in [7, 11) is 0. The molecule has 4 aromatic carbocycles. The second-order valence-electron chi connectivity index (χ2n) is 9.49. The van der Waals surface area contributed by atoms with E-state index in [4.69, 9.17) is 4.84 Å². The van der Waals surface area contributed by atoms with E-state index < -0.39 is 18.1 Å². The Morgan fingerprint density at radius 1 is 0.743 bits per heavy atom. The SMILES string of the molecule is Cc1cc(C)c(N2C(=O)[C@@H]3[C@@H](ON(c4ccccc4)[C@H]3c3cccc4ccccc34)C2=O)c(C)c1. The third-order valence-electron chi connectivity index (χ3n) is 7.13. The fourth-order valence-electron chi connectivity index (χ4n) is 5.78. The summed E-state index contributed by atoms with van der Waals surface area (Å²) in [5.41, 5.74) is 5.38. The van der Waals surface area contributed by atoms with Gasteiger partial charge in [0.1, 0.15) is 5.92 Å². The van der Waals surface area contributed by atoms with Gasteiger partial charge in [-0.05, 0) is 60.4 Å². The molecule has 0 unspecified atom stereocenters. The molecule has 5 nitrogen and oxygen atoms in total. The molecule has 0 N–H and O–H groups in total. The molecular formula is C30H26N2O3. The van der Waals surface area contributed by atoms with E-state index in [-0.39, 0.29) is 11.8 Å². The average Bonchev–Trinajstić information content (AvgIpc) is 3.35. The quantitative estimate of drug-likeness (QED) is 0.360. The van der Waals surface area contributed by atoms with E-state index in [0.29, 0.717) is 5.69 Å². The number of hydrogen-bond acceptors (Lipinski definition) is 4. The molecule has 3 atom stereocenters. The van der Waals surface area contributed by atoms with E-state index in [1.54, 1.807) is 5.06 Å². The second kappa shape index (κ2) is 8.07. The third-order valence-corrected chi connectivity index (χ3v) is 7.13. The maximum Gasteiger partial charge on any atom is 0.266 e. The zero-order chi connectivity index (χ0) is 24.3. The van der Waals surface area contributed by atoms with E-state index in [1.807, 2.05) is 87.5 Å². The van der Waals surface area contributed by atoms with Crippen LogP contribution < -0.4 is 9.96 Å². The van der Waals surface area contributed by atoms with Crippen LogP contribution in [0.4, 0.5) is 11.4 Å². The van der Waals surface area contributed by atoms with Crippen LogP contribution in [0.15, 0.2) is 84.9 Å². The van der Waals surface area contributed by atoms with Crippen molar-refractivity contribution < 1.29 is 14.4 Å². The number of nitrogens with zero attached hydrogens (tertiary/aromatic N) is 2. The van der Waals surface area contributed by atoms with Crippen molar-refractivity contribution in [2.45, 2.75) is 32.9 Å². The molecule has 2 saturated heterocycles. The minimum absolute atomic E-state index is 0.216. The number of carbonyl (C=O) groups is 2. The molecule has 5 heteroatoms. The van der Waals surface area contributed by atoms with Crippen LogP contribution in [0.2, 0.25) is 0 Å². The summed E-state index contributed by atoms with van der Waals surface area (Å²) in [5.74, 6) is -1.18. The first-order valence-corrected chi connectivity index (χ1v) is 11.9. The van der Waals surface area contributed by atoms with Gasteiger partial charge in [0.2, 0.25) is 5.91 Å². The van der Waals surface area contributed by atoms with Crippen LogP contribution in [0.1, 0.15) is 28.3 Å². The first-order chi connectivity index (χ1) is 17.0. The zero-order valence-electron chi connectivity index (χ0n) is 19.9. The molecular weight excluding hydrogens is 436 g/mol. The Morgan fingerprint density at radius 2 is 1.40 bits per heavy atom. The summed E-state index contributed by atoms with van der Waals surface area (Å²) in [4.78, 5) is 35.5. The number of hydroxylamine groups is 1. The molecule has 0 radical (unpaired) electrons. The number of carbonyl (C=O) groups excluding carboxylic acids is 2. The standard InChI is InChI=1S/C30H26N2O3/c1-18-16-19(2)26(20(3)17-18)31-29(33)25-27(24-15-9-11-21-10-7-8-14-23(21)24)32(35-28(25)30(31)34)22-12-5-4-6-13-22/h4-17,25,27-28H,1-3H3/t25-,27-,28+/m0/s1. The van der Waals surface area contributed by atoms with Crippen LogP contribution >= 0.6 is 0 Å². The first-order valence-electron chi connectivity index (χ1n) is 11.9. The van der Waals surface area contributed by atoms with Crippen LogP contribution in [0.5, 0.6) is 0 Å². The lowest BCUT2D eigenvalue weighted by atomic mass is 9.87. The summed E-state index contributed by atoms with van der Waals surface area (Å²) < 4.78 is 0. The summed E-state index contributed by atoms with van der Waals surface area (Å²) in [6.45, 7) is 5.91. The summed E-state index contributed by atoms with van der Waals surface area (Å²) in [6.07, 6.45) is -0.883. The molecule has 0 aromatic heterocycles. The summed E-state index contributed by atoms with van der Waals surface area (Å²) in [6, 6.07) is 27.5.